The van der Waals surface area contributed by atoms with Gasteiger partial charge in [0.1, 0.15) is 0 Å². The molecule has 3 aromatic heterocycles. The van der Waals surface area contributed by atoms with Crippen LogP contribution in [0.5, 0.6) is 0 Å². The Kier molecular flexibility index (Phi) is 5.40. The maximum atomic E-state index is 5.23. The number of fused-ring (bicyclic) bond motifs is 7. The molecule has 200 valence electrons. The lowest BCUT2D eigenvalue weighted by Gasteiger charge is -2.10. The molecule has 0 radical (unpaired) electrons. The number of thiophene rings is 1. The molecule has 3 heterocycles. The molecule has 43 heavy (non-hydrogen) atoms. The Morgan fingerprint density at radius 3 is 1.88 bits per heavy atom. The van der Waals surface area contributed by atoms with Crippen molar-refractivity contribution >= 4 is 64.1 Å². The van der Waals surface area contributed by atoms with E-state index < -0.39 is 0 Å². The van der Waals surface area contributed by atoms with Crippen molar-refractivity contribution in [3.05, 3.63) is 146 Å². The summed E-state index contributed by atoms with van der Waals surface area (Å²) in [6.07, 6.45) is 0. The second-order valence-electron chi connectivity index (χ2n) is 11.0. The van der Waals surface area contributed by atoms with Crippen molar-refractivity contribution in [2.75, 3.05) is 0 Å². The maximum absolute atomic E-state index is 5.23. The van der Waals surface area contributed by atoms with Crippen LogP contribution in [0, 0.1) is 0 Å². The molecule has 0 N–H and O–H groups in total. The first-order valence-electron chi connectivity index (χ1n) is 14.5. The van der Waals surface area contributed by atoms with Crippen LogP contribution in [0.1, 0.15) is 0 Å². The van der Waals surface area contributed by atoms with E-state index in [0.29, 0.717) is 0 Å². The van der Waals surface area contributed by atoms with Gasteiger partial charge in [-0.3, -0.25) is 0 Å². The number of rotatable bonds is 3. The Morgan fingerprint density at radius 2 is 1.00 bits per heavy atom. The molecular formula is C40H24N2S. The van der Waals surface area contributed by atoms with Gasteiger partial charge in [-0.25, -0.2) is 9.97 Å². The minimum Gasteiger partial charge on any atom is -0.245 e. The van der Waals surface area contributed by atoms with Crippen LogP contribution in [0.3, 0.4) is 0 Å². The maximum Gasteiger partial charge on any atom is 0.0972 e. The molecule has 0 atom stereocenters. The molecule has 3 heteroatoms. The Morgan fingerprint density at radius 1 is 0.372 bits per heavy atom. The second kappa shape index (κ2) is 9.59. The molecule has 0 fully saturated rings. The Labute approximate surface area is 252 Å². The van der Waals surface area contributed by atoms with Gasteiger partial charge in [-0.15, -0.1) is 11.3 Å². The normalized spacial score (nSPS) is 11.7. The van der Waals surface area contributed by atoms with Crippen molar-refractivity contribution in [1.29, 1.82) is 0 Å². The number of hydrogen-bond acceptors (Lipinski definition) is 3. The monoisotopic (exact) mass is 564 g/mol. The van der Waals surface area contributed by atoms with E-state index in [0.717, 1.165) is 44.3 Å². The van der Waals surface area contributed by atoms with Gasteiger partial charge in [-0.2, -0.15) is 0 Å². The molecule has 0 aliphatic heterocycles. The zero-order valence-corrected chi connectivity index (χ0v) is 24.0. The van der Waals surface area contributed by atoms with Crippen molar-refractivity contribution in [3.8, 4) is 33.6 Å². The zero-order valence-electron chi connectivity index (χ0n) is 23.2. The van der Waals surface area contributed by atoms with Gasteiger partial charge in [-0.05, 0) is 58.3 Å². The fourth-order valence-electron chi connectivity index (χ4n) is 6.29. The summed E-state index contributed by atoms with van der Waals surface area (Å²) in [5.74, 6) is 0. The molecule has 9 aromatic rings. The van der Waals surface area contributed by atoms with Gasteiger partial charge in [-0.1, -0.05) is 109 Å². The number of benzene rings is 6. The summed E-state index contributed by atoms with van der Waals surface area (Å²) < 4.78 is 2.65. The van der Waals surface area contributed by atoms with E-state index in [2.05, 4.69) is 146 Å². The average molecular weight is 565 g/mol. The van der Waals surface area contributed by atoms with Crippen LogP contribution in [0.4, 0.5) is 0 Å². The summed E-state index contributed by atoms with van der Waals surface area (Å²) >= 11 is 1.85. The molecule has 0 saturated carbocycles. The van der Waals surface area contributed by atoms with Crippen LogP contribution in [0.15, 0.2) is 146 Å². The average Bonchev–Trinajstić information content (AvgIpc) is 3.45. The zero-order chi connectivity index (χ0) is 28.3. The molecule has 0 aliphatic rings. The highest BCUT2D eigenvalue weighted by Crippen LogP contribution is 2.37. The molecular weight excluding hydrogens is 541 g/mol. The van der Waals surface area contributed by atoms with E-state index in [1.165, 1.54) is 42.1 Å². The Balaban J connectivity index is 1.17. The van der Waals surface area contributed by atoms with Crippen LogP contribution in [0.25, 0.3) is 86.4 Å². The summed E-state index contributed by atoms with van der Waals surface area (Å²) in [5.41, 5.74) is 8.39. The van der Waals surface area contributed by atoms with Gasteiger partial charge in [0.25, 0.3) is 0 Å². The fourth-order valence-corrected chi connectivity index (χ4v) is 7.38. The van der Waals surface area contributed by atoms with Crippen molar-refractivity contribution in [1.82, 2.24) is 9.97 Å². The number of aromatic nitrogens is 2. The van der Waals surface area contributed by atoms with E-state index in [9.17, 15) is 0 Å². The van der Waals surface area contributed by atoms with Crippen LogP contribution >= 0.6 is 11.3 Å². The van der Waals surface area contributed by atoms with E-state index in [1.807, 2.05) is 11.3 Å². The number of hydrogen-bond donors (Lipinski definition) is 0. The SMILES string of the molecule is c1cc(-c2ccc3sc4ccccc4c3c2)cc(-c2ccc3ccc4ccc(-c5cccc6ccccc56)nc4c3n2)c1. The van der Waals surface area contributed by atoms with Gasteiger partial charge in [0.05, 0.1) is 22.4 Å². The molecule has 0 bridgehead atoms. The van der Waals surface area contributed by atoms with E-state index in [-0.39, 0.29) is 0 Å². The van der Waals surface area contributed by atoms with Crippen LogP contribution < -0.4 is 0 Å². The van der Waals surface area contributed by atoms with E-state index in [4.69, 9.17) is 9.97 Å². The number of pyridine rings is 2. The lowest BCUT2D eigenvalue weighted by Crippen LogP contribution is -1.91. The highest BCUT2D eigenvalue weighted by atomic mass is 32.1. The van der Waals surface area contributed by atoms with Crippen molar-refractivity contribution in [3.63, 3.8) is 0 Å². The van der Waals surface area contributed by atoms with Gasteiger partial charge in [0.2, 0.25) is 0 Å². The van der Waals surface area contributed by atoms with Crippen LogP contribution in [0.2, 0.25) is 0 Å². The van der Waals surface area contributed by atoms with Crippen molar-refractivity contribution in [2.24, 2.45) is 0 Å². The minimum atomic E-state index is 0.925. The molecule has 9 rings (SSSR count). The van der Waals surface area contributed by atoms with Crippen molar-refractivity contribution in [2.45, 2.75) is 0 Å². The lowest BCUT2D eigenvalue weighted by molar-refractivity contribution is 1.37. The van der Waals surface area contributed by atoms with Crippen LogP contribution in [-0.4, -0.2) is 9.97 Å². The Hall–Kier alpha value is -5.38. The summed E-state index contributed by atoms with van der Waals surface area (Å²) in [7, 11) is 0. The number of nitrogens with zero attached hydrogens (tertiary/aromatic N) is 2. The summed E-state index contributed by atoms with van der Waals surface area (Å²) in [4.78, 5) is 10.4. The van der Waals surface area contributed by atoms with Gasteiger partial charge >= 0.3 is 0 Å². The molecule has 0 aliphatic carbocycles. The van der Waals surface area contributed by atoms with Crippen molar-refractivity contribution < 1.29 is 0 Å². The quantitative estimate of drug-likeness (QED) is 0.199. The molecule has 6 aromatic carbocycles. The fraction of sp³-hybridized carbons (Fsp3) is 0. The minimum absolute atomic E-state index is 0.925. The van der Waals surface area contributed by atoms with Gasteiger partial charge < -0.3 is 0 Å². The smallest absolute Gasteiger partial charge is 0.0972 e. The first-order chi connectivity index (χ1) is 21.3. The third kappa shape index (κ3) is 4.01. The summed E-state index contributed by atoms with van der Waals surface area (Å²) in [6.45, 7) is 0. The molecule has 0 saturated heterocycles. The molecule has 0 amide bonds. The van der Waals surface area contributed by atoms with Gasteiger partial charge in [0, 0.05) is 42.1 Å². The van der Waals surface area contributed by atoms with E-state index >= 15 is 0 Å². The third-order valence-corrected chi connectivity index (χ3v) is 9.61. The van der Waals surface area contributed by atoms with E-state index in [1.54, 1.807) is 0 Å². The highest BCUT2D eigenvalue weighted by molar-refractivity contribution is 7.25. The first kappa shape index (κ1) is 24.2. The Bertz CT molecular complexity index is 2520. The molecule has 0 spiro atoms. The largest absolute Gasteiger partial charge is 0.245 e. The molecule has 2 nitrogen and oxygen atoms in total. The predicted octanol–water partition coefficient (Wildman–Crippen LogP) is 11.3. The highest BCUT2D eigenvalue weighted by Gasteiger charge is 2.12. The summed E-state index contributed by atoms with van der Waals surface area (Å²) in [6, 6.07) is 52.0. The molecule has 0 unspecified atom stereocenters. The van der Waals surface area contributed by atoms with Gasteiger partial charge in [0.15, 0.2) is 0 Å². The van der Waals surface area contributed by atoms with Crippen LogP contribution in [-0.2, 0) is 0 Å². The predicted molar refractivity (Wildman–Crippen MR) is 184 cm³/mol. The second-order valence-corrected chi connectivity index (χ2v) is 12.1. The lowest BCUT2D eigenvalue weighted by atomic mass is 9.99. The standard InChI is InChI=1S/C40H24N2S/c1-2-11-31-25(7-1)8-6-13-32(31)36-21-18-27-16-15-26-17-20-35(41-39(26)40(27)42-36)30-10-5-9-28(23-30)29-19-22-38-34(24-29)33-12-3-4-14-37(33)43-38/h1-24H. The first-order valence-corrected chi connectivity index (χ1v) is 15.3. The third-order valence-electron chi connectivity index (χ3n) is 8.45. The topological polar surface area (TPSA) is 25.8 Å². The summed E-state index contributed by atoms with van der Waals surface area (Å²) in [5, 5.41) is 7.23.